The number of rotatable bonds is 4. The zero-order valence-corrected chi connectivity index (χ0v) is 26.3. The molecule has 0 amide bonds. The number of fused-ring (bicyclic) bond motifs is 2. The second kappa shape index (κ2) is 10.3. The summed E-state index contributed by atoms with van der Waals surface area (Å²) in [4.78, 5) is 13.5. The predicted molar refractivity (Wildman–Crippen MR) is 184 cm³/mol. The maximum atomic E-state index is 5.26. The number of hydrogen-bond acceptors (Lipinski definition) is 2. The third kappa shape index (κ3) is 5.22. The molecule has 4 heterocycles. The first-order valence-electron chi connectivity index (χ1n) is 15.3. The summed E-state index contributed by atoms with van der Waals surface area (Å²) in [7, 11) is 0. The molecular formula is C40H38N4. The van der Waals surface area contributed by atoms with Gasteiger partial charge in [0.2, 0.25) is 0 Å². The van der Waals surface area contributed by atoms with Crippen LogP contribution < -0.4 is 0 Å². The molecule has 7 aromatic rings. The monoisotopic (exact) mass is 574 g/mol. The van der Waals surface area contributed by atoms with Gasteiger partial charge in [-0.25, -0.2) is 4.98 Å². The number of aromatic nitrogens is 4. The minimum atomic E-state index is 0.0258. The van der Waals surface area contributed by atoms with E-state index in [0.717, 1.165) is 50.4 Å². The standard InChI is InChI=1S/C40H38N4/c1-39(2,3)32-22-29(23-33(25-32)40(4,5)6)28-19-30(34-12-9-10-17-41-34)21-31(20-28)36-15-14-26-16-18-44(38(26)43-36)37-24-27-11-7-8-13-35(27)42-37/h7-25,42H,1-6H3. The molecule has 0 atom stereocenters. The second-order valence-electron chi connectivity index (χ2n) is 13.8. The van der Waals surface area contributed by atoms with E-state index in [9.17, 15) is 0 Å². The Hall–Kier alpha value is -4.96. The van der Waals surface area contributed by atoms with E-state index in [1.54, 1.807) is 0 Å². The lowest BCUT2D eigenvalue weighted by Gasteiger charge is -2.26. The average Bonchev–Trinajstić information content (AvgIpc) is 3.64. The van der Waals surface area contributed by atoms with Crippen molar-refractivity contribution in [1.29, 1.82) is 0 Å². The summed E-state index contributed by atoms with van der Waals surface area (Å²) in [5.74, 6) is 1.00. The van der Waals surface area contributed by atoms with Gasteiger partial charge in [-0.15, -0.1) is 0 Å². The van der Waals surface area contributed by atoms with Gasteiger partial charge in [0, 0.05) is 39.8 Å². The number of nitrogens with one attached hydrogen (secondary N) is 1. The van der Waals surface area contributed by atoms with E-state index < -0.39 is 0 Å². The van der Waals surface area contributed by atoms with Gasteiger partial charge in [-0.3, -0.25) is 9.55 Å². The Morgan fingerprint density at radius 1 is 0.568 bits per heavy atom. The van der Waals surface area contributed by atoms with Crippen LogP contribution >= 0.6 is 0 Å². The molecule has 0 bridgehead atoms. The lowest BCUT2D eigenvalue weighted by molar-refractivity contribution is 0.569. The fraction of sp³-hybridized carbons (Fsp3) is 0.200. The summed E-state index contributed by atoms with van der Waals surface area (Å²) in [6.07, 6.45) is 3.95. The van der Waals surface area contributed by atoms with E-state index in [-0.39, 0.29) is 10.8 Å². The van der Waals surface area contributed by atoms with Crippen molar-refractivity contribution in [3.8, 4) is 39.5 Å². The summed E-state index contributed by atoms with van der Waals surface area (Å²) in [5.41, 5.74) is 11.1. The summed E-state index contributed by atoms with van der Waals surface area (Å²) in [6, 6.07) is 36.9. The molecule has 1 N–H and O–H groups in total. The fourth-order valence-electron chi connectivity index (χ4n) is 5.83. The number of pyridine rings is 2. The van der Waals surface area contributed by atoms with Crippen LogP contribution in [0.25, 0.3) is 61.4 Å². The summed E-state index contributed by atoms with van der Waals surface area (Å²) >= 11 is 0. The number of aromatic amines is 1. The number of benzene rings is 3. The molecule has 0 saturated heterocycles. The molecule has 218 valence electrons. The first-order valence-corrected chi connectivity index (χ1v) is 15.3. The quantitative estimate of drug-likeness (QED) is 0.227. The molecule has 0 fully saturated rings. The molecule has 7 rings (SSSR count). The lowest BCUT2D eigenvalue weighted by Crippen LogP contribution is -2.16. The Morgan fingerprint density at radius 2 is 1.23 bits per heavy atom. The van der Waals surface area contributed by atoms with Crippen LogP contribution in [0.3, 0.4) is 0 Å². The largest absolute Gasteiger partial charge is 0.341 e. The topological polar surface area (TPSA) is 46.5 Å². The van der Waals surface area contributed by atoms with Crippen molar-refractivity contribution in [2.75, 3.05) is 0 Å². The summed E-state index contributed by atoms with van der Waals surface area (Å²) in [6.45, 7) is 13.7. The lowest BCUT2D eigenvalue weighted by atomic mass is 9.78. The van der Waals surface area contributed by atoms with Crippen LogP contribution in [0.15, 0.2) is 116 Å². The van der Waals surface area contributed by atoms with Gasteiger partial charge in [0.25, 0.3) is 0 Å². The van der Waals surface area contributed by atoms with Crippen molar-refractivity contribution in [3.05, 3.63) is 127 Å². The van der Waals surface area contributed by atoms with Gasteiger partial charge in [-0.2, -0.15) is 0 Å². The number of hydrogen-bond donors (Lipinski definition) is 1. The molecule has 0 unspecified atom stereocenters. The zero-order valence-electron chi connectivity index (χ0n) is 26.3. The second-order valence-corrected chi connectivity index (χ2v) is 13.8. The smallest absolute Gasteiger partial charge is 0.146 e. The van der Waals surface area contributed by atoms with Gasteiger partial charge in [0.15, 0.2) is 0 Å². The molecule has 0 aliphatic carbocycles. The molecule has 3 aromatic carbocycles. The van der Waals surface area contributed by atoms with E-state index in [2.05, 4.69) is 148 Å². The van der Waals surface area contributed by atoms with E-state index in [0.29, 0.717) is 0 Å². The molecule has 4 aromatic heterocycles. The van der Waals surface area contributed by atoms with E-state index >= 15 is 0 Å². The number of H-pyrrole nitrogens is 1. The van der Waals surface area contributed by atoms with Gasteiger partial charge in [0.1, 0.15) is 11.5 Å². The maximum absolute atomic E-state index is 5.26. The molecule has 0 spiro atoms. The first-order chi connectivity index (χ1) is 21.0. The van der Waals surface area contributed by atoms with Crippen molar-refractivity contribution >= 4 is 21.9 Å². The third-order valence-electron chi connectivity index (χ3n) is 8.50. The molecular weight excluding hydrogens is 536 g/mol. The fourth-order valence-corrected chi connectivity index (χ4v) is 5.83. The predicted octanol–water partition coefficient (Wildman–Crippen LogP) is 10.5. The highest BCUT2D eigenvalue weighted by atomic mass is 15.1. The van der Waals surface area contributed by atoms with Gasteiger partial charge >= 0.3 is 0 Å². The van der Waals surface area contributed by atoms with Crippen LogP contribution in [0.1, 0.15) is 52.7 Å². The van der Waals surface area contributed by atoms with Gasteiger partial charge in [0.05, 0.1) is 11.4 Å². The van der Waals surface area contributed by atoms with Crippen LogP contribution in [0.2, 0.25) is 0 Å². The molecule has 0 saturated carbocycles. The SMILES string of the molecule is CC(C)(C)c1cc(-c2cc(-c3ccccn3)cc(-c3ccc4ccn(-c5cc6ccccc6[nH]5)c4n3)c2)cc(C(C)(C)C)c1. The number of para-hydroxylation sites is 1. The van der Waals surface area contributed by atoms with Crippen molar-refractivity contribution in [1.82, 2.24) is 19.5 Å². The van der Waals surface area contributed by atoms with Crippen LogP contribution in [0.4, 0.5) is 0 Å². The average molecular weight is 575 g/mol. The Balaban J connectivity index is 1.42. The first kappa shape index (κ1) is 27.8. The highest BCUT2D eigenvalue weighted by molar-refractivity contribution is 5.86. The van der Waals surface area contributed by atoms with E-state index in [4.69, 9.17) is 9.97 Å². The van der Waals surface area contributed by atoms with Gasteiger partial charge in [-0.1, -0.05) is 84.0 Å². The maximum Gasteiger partial charge on any atom is 0.146 e. The van der Waals surface area contributed by atoms with Gasteiger partial charge in [-0.05, 0) is 93.7 Å². The van der Waals surface area contributed by atoms with Crippen molar-refractivity contribution in [2.24, 2.45) is 0 Å². The Morgan fingerprint density at radius 3 is 1.91 bits per heavy atom. The molecule has 0 aliphatic rings. The van der Waals surface area contributed by atoms with Crippen LogP contribution in [0, 0.1) is 0 Å². The molecule has 44 heavy (non-hydrogen) atoms. The summed E-state index contributed by atoms with van der Waals surface area (Å²) < 4.78 is 2.14. The minimum absolute atomic E-state index is 0.0258. The number of nitrogens with zero attached hydrogens (tertiary/aromatic N) is 3. The summed E-state index contributed by atoms with van der Waals surface area (Å²) in [5, 5.41) is 2.28. The zero-order chi connectivity index (χ0) is 30.6. The molecule has 0 aliphatic heterocycles. The Labute approximate surface area is 259 Å². The minimum Gasteiger partial charge on any atom is -0.341 e. The van der Waals surface area contributed by atoms with Crippen LogP contribution in [0.5, 0.6) is 0 Å². The highest BCUT2D eigenvalue weighted by Gasteiger charge is 2.22. The van der Waals surface area contributed by atoms with Gasteiger partial charge < -0.3 is 4.98 Å². The molecule has 4 heteroatoms. The van der Waals surface area contributed by atoms with Crippen molar-refractivity contribution < 1.29 is 0 Å². The van der Waals surface area contributed by atoms with Crippen LogP contribution in [-0.4, -0.2) is 19.5 Å². The third-order valence-corrected chi connectivity index (χ3v) is 8.50. The van der Waals surface area contributed by atoms with E-state index in [1.807, 2.05) is 18.3 Å². The Bertz CT molecular complexity index is 2070. The Kier molecular flexibility index (Phi) is 6.55. The molecule has 4 nitrogen and oxygen atoms in total. The molecule has 0 radical (unpaired) electrons. The van der Waals surface area contributed by atoms with Crippen molar-refractivity contribution in [3.63, 3.8) is 0 Å². The highest BCUT2D eigenvalue weighted by Crippen LogP contribution is 2.37. The van der Waals surface area contributed by atoms with E-state index in [1.165, 1.54) is 22.1 Å². The van der Waals surface area contributed by atoms with Crippen LogP contribution in [-0.2, 0) is 10.8 Å². The normalized spacial score (nSPS) is 12.3. The van der Waals surface area contributed by atoms with Crippen molar-refractivity contribution in [2.45, 2.75) is 52.4 Å².